The zero-order chi connectivity index (χ0) is 100. The van der Waals surface area contributed by atoms with Gasteiger partial charge in [-0.05, 0) is 177 Å². The van der Waals surface area contributed by atoms with Crippen molar-refractivity contribution in [2.75, 3.05) is 0 Å². The Morgan fingerprint density at radius 3 is 0.622 bits per heavy atom. The van der Waals surface area contributed by atoms with Crippen LogP contribution >= 0.6 is 80.5 Å². The summed E-state index contributed by atoms with van der Waals surface area (Å²) in [6.45, 7) is 5.72. The van der Waals surface area contributed by atoms with E-state index in [2.05, 4.69) is 367 Å². The van der Waals surface area contributed by atoms with Gasteiger partial charge in [-0.25, -0.2) is 15.0 Å². The molecule has 148 heavy (non-hydrogen) atoms. The van der Waals surface area contributed by atoms with Crippen LogP contribution in [0.25, 0.3) is 101 Å². The van der Waals surface area contributed by atoms with Crippen molar-refractivity contribution in [3.05, 3.63) is 592 Å². The van der Waals surface area contributed by atoms with Crippen molar-refractivity contribution in [3.63, 3.8) is 0 Å². The fraction of sp³-hybridized carbons (Fsp3) is 0.0299. The molecule has 3 heterocycles. The van der Waals surface area contributed by atoms with Gasteiger partial charge in [0.25, 0.3) is 0 Å². The van der Waals surface area contributed by atoms with Gasteiger partial charge in [-0.1, -0.05) is 555 Å². The minimum Gasteiger partial charge on any atom is -0.343 e. The summed E-state index contributed by atoms with van der Waals surface area (Å²) in [5.41, 5.74) is 18.2. The van der Waals surface area contributed by atoms with Crippen LogP contribution in [0.3, 0.4) is 0 Å². The van der Waals surface area contributed by atoms with Crippen LogP contribution in [-0.2, 0) is 9.13 Å². The van der Waals surface area contributed by atoms with Crippen molar-refractivity contribution in [1.29, 1.82) is 0 Å². The standard InChI is InChI=1S/C47H35NO2P2.C47H35NP2.C23H15Br2N.C12H10ClP.C4H9.CH4.Li/c49-51(40-22-8-2-9-23-40,41-24-10-3-11-25-41)44-30-16-20-37(32-44)46-34-39(36-18-6-1-7-19-36)35-47(48-46)38-21-17-31-45(33-38)52(50,42-26-12-4-13-27-42)43-28-14-5-15-29-43;1-6-18-36(19-7-1)39-34-46(37-20-16-30-44(32-37)49(40-22-8-2-9-23-40)41-24-10-3-11-25-41)48-47(35-39)38-21-17-31-45(33-38)50(42-26-12-4-13-27-42)43-28-14-5-15-29-43;24-20-10-4-8-17(12-20)22-14-19(16-6-2-1-3-7-16)15-23(26-22)18-9-5-11-21(25)13-18;13-14(11-7-3-1-4-8-11)12-9-5-2-6-10-12;1-3-4-2;;/h1-35H;1-35H;1-15H;1-10H;1,3-4H2,2H3;1H4;/q;;;;-1;;+1. The minimum absolute atomic E-state index is 0. The predicted molar refractivity (Wildman–Crippen MR) is 645 cm³/mol. The summed E-state index contributed by atoms with van der Waals surface area (Å²) in [6.07, 6.45) is 2.28. The molecule has 0 unspecified atom stereocenters. The van der Waals surface area contributed by atoms with E-state index >= 15 is 9.13 Å². The van der Waals surface area contributed by atoms with Crippen molar-refractivity contribution >= 4 is 155 Å². The molecule has 5 nitrogen and oxygen atoms in total. The number of aromatic nitrogens is 3. The maximum atomic E-state index is 15.3. The van der Waals surface area contributed by atoms with Crippen molar-refractivity contribution < 1.29 is 28.0 Å². The quantitative estimate of drug-likeness (QED) is 0.0342. The first-order valence-corrected chi connectivity index (χ1v) is 58.5. The fourth-order valence-corrected chi connectivity index (χ4v) is 30.1. The molecular weight excluding hydrogens is 2040 g/mol. The Balaban J connectivity index is 0.000000150. The van der Waals surface area contributed by atoms with E-state index in [9.17, 15) is 0 Å². The molecular formula is C134H108Br2ClLiN3O2P5. The molecule has 0 atom stereocenters. The van der Waals surface area contributed by atoms with Crippen LogP contribution in [0.5, 0.6) is 0 Å². The molecule has 0 bridgehead atoms. The number of hydrogen-bond donors (Lipinski definition) is 0. The molecule has 22 rings (SSSR count). The smallest absolute Gasteiger partial charge is 0.343 e. The predicted octanol–water partition coefficient (Wildman–Crippen LogP) is 29.1. The largest absolute Gasteiger partial charge is 1.00 e. The molecule has 22 aromatic rings. The molecule has 0 aliphatic heterocycles. The van der Waals surface area contributed by atoms with Gasteiger partial charge >= 0.3 is 18.9 Å². The van der Waals surface area contributed by atoms with Crippen LogP contribution in [0.15, 0.2) is 585 Å². The molecule has 0 N–H and O–H groups in total. The van der Waals surface area contributed by atoms with Gasteiger partial charge in [-0.3, -0.25) is 0 Å². The summed E-state index contributed by atoms with van der Waals surface area (Å²) in [4.78, 5) is 15.6. The van der Waals surface area contributed by atoms with Gasteiger partial charge in [-0.15, -0.1) is 0 Å². The maximum Gasteiger partial charge on any atom is 1.00 e. The topological polar surface area (TPSA) is 72.8 Å². The average molecular weight is 2150 g/mol. The van der Waals surface area contributed by atoms with Gasteiger partial charge in [-0.2, -0.15) is 6.42 Å². The van der Waals surface area contributed by atoms with Crippen molar-refractivity contribution in [3.8, 4) is 101 Å². The van der Waals surface area contributed by atoms with E-state index in [1.54, 1.807) is 0 Å². The first kappa shape index (κ1) is 107. The van der Waals surface area contributed by atoms with Gasteiger partial charge in [0, 0.05) is 74.2 Å². The molecule has 0 aliphatic carbocycles. The Morgan fingerprint density at radius 2 is 0.392 bits per heavy atom. The molecule has 19 aromatic carbocycles. The number of nitrogens with zero attached hydrogens (tertiary/aromatic N) is 3. The second kappa shape index (κ2) is 53.2. The monoisotopic (exact) mass is 2150 g/mol. The Hall–Kier alpha value is -13.8. The van der Waals surface area contributed by atoms with Gasteiger partial charge in [0.1, 0.15) is 0 Å². The molecule has 0 saturated carbocycles. The number of rotatable bonds is 24. The third kappa shape index (κ3) is 26.8. The number of pyridine rings is 3. The van der Waals surface area contributed by atoms with E-state index in [0.29, 0.717) is 0 Å². The summed E-state index contributed by atoms with van der Waals surface area (Å²) < 4.78 is 32.7. The van der Waals surface area contributed by atoms with E-state index in [1.807, 2.05) is 255 Å². The van der Waals surface area contributed by atoms with E-state index < -0.39 is 37.4 Å². The summed E-state index contributed by atoms with van der Waals surface area (Å²) in [6, 6.07) is 198. The normalized spacial score (nSPS) is 10.9. The molecule has 3 aromatic heterocycles. The van der Waals surface area contributed by atoms with E-state index in [0.717, 1.165) is 137 Å². The number of benzene rings is 19. The van der Waals surface area contributed by atoms with Gasteiger partial charge in [0.15, 0.2) is 14.3 Å². The molecule has 14 heteroatoms. The molecule has 0 aliphatic rings. The molecule has 0 amide bonds. The minimum atomic E-state index is -3.21. The van der Waals surface area contributed by atoms with Crippen molar-refractivity contribution in [1.82, 2.24) is 15.0 Å². The third-order valence-corrected chi connectivity index (χ3v) is 39.3. The molecule has 0 fully saturated rings. The van der Waals surface area contributed by atoms with Crippen LogP contribution in [0.4, 0.5) is 0 Å². The molecule has 0 saturated heterocycles. The van der Waals surface area contributed by atoms with Crippen LogP contribution in [0.2, 0.25) is 0 Å². The molecule has 718 valence electrons. The SMILES string of the molecule is Brc1cccc(-c2cc(-c3ccccc3)cc(-c3cccc(Br)c3)n2)c1.C.ClP(c1ccccc1)c1ccccc1.O=P(c1ccccc1)(c1ccccc1)c1cccc(-c2cc(-c3ccccc3)cc(-c3cccc(P(=O)(c4ccccc4)c4ccccc4)c3)n2)c1.[CH2-]CCC.[Li+].c1ccc(-c2cc(-c3cccc(P(c4ccccc4)c4ccccc4)c3)nc(-c3cccc(P(c4ccccc4)c4ccccc4)c3)c2)cc1. The maximum absolute atomic E-state index is 15.3. The van der Waals surface area contributed by atoms with Crippen LogP contribution < -0.4 is 93.1 Å². The van der Waals surface area contributed by atoms with Crippen LogP contribution in [0, 0.1) is 6.92 Å². The van der Waals surface area contributed by atoms with Gasteiger partial charge in [0.05, 0.1) is 41.4 Å². The first-order chi connectivity index (χ1) is 71.8. The van der Waals surface area contributed by atoms with Crippen LogP contribution in [-0.4, -0.2) is 15.0 Å². The number of hydrogen-bond acceptors (Lipinski definition) is 5. The summed E-state index contributed by atoms with van der Waals surface area (Å²) in [7, 11) is -8.59. The van der Waals surface area contributed by atoms with Gasteiger partial charge in [0.2, 0.25) is 0 Å². The second-order valence-corrected chi connectivity index (χ2v) is 49.0. The van der Waals surface area contributed by atoms with Crippen LogP contribution in [0.1, 0.15) is 27.2 Å². The molecule has 0 radical (unpaired) electrons. The third-order valence-electron chi connectivity index (χ3n) is 24.7. The summed E-state index contributed by atoms with van der Waals surface area (Å²) in [5, 5.41) is 15.0. The number of unbranched alkanes of at least 4 members (excludes halogenated alkanes) is 1. The Bertz CT molecular complexity index is 7530. The zero-order valence-corrected chi connectivity index (χ0v) is 89.9. The van der Waals surface area contributed by atoms with E-state index in [1.165, 1.54) is 60.0 Å². The number of halogens is 3. The first-order valence-electron chi connectivity index (χ1n) is 48.6. The van der Waals surface area contributed by atoms with E-state index in [4.69, 9.17) is 26.2 Å². The van der Waals surface area contributed by atoms with Crippen molar-refractivity contribution in [2.45, 2.75) is 27.2 Å². The Morgan fingerprint density at radius 1 is 0.216 bits per heavy atom. The Kier molecular flexibility index (Phi) is 38.5. The van der Waals surface area contributed by atoms with Gasteiger partial charge < -0.3 is 16.1 Å². The second-order valence-electron chi connectivity index (χ2n) is 34.6. The van der Waals surface area contributed by atoms with Crippen molar-refractivity contribution in [2.24, 2.45) is 0 Å². The summed E-state index contributed by atoms with van der Waals surface area (Å²) in [5.74, 6) is 0. The fourth-order valence-electron chi connectivity index (χ4n) is 17.4. The molecule has 0 spiro atoms. The zero-order valence-electron chi connectivity index (χ0n) is 81.5. The Labute approximate surface area is 909 Å². The van der Waals surface area contributed by atoms with E-state index in [-0.39, 0.29) is 26.3 Å². The average Bonchev–Trinajstić information content (AvgIpc) is 0.749. The summed E-state index contributed by atoms with van der Waals surface area (Å²) >= 11 is 13.5.